The first-order chi connectivity index (χ1) is 16.9. The van der Waals surface area contributed by atoms with E-state index < -0.39 is 29.0 Å². The highest BCUT2D eigenvalue weighted by Gasteiger charge is 2.24. The SMILES string of the molecule is CCCCCCCC1CCC(COc2cc(F)c(C(=O)Oc3ccc(C#N)c(F)c3)c(F)c2)CC1. The van der Waals surface area contributed by atoms with Crippen molar-refractivity contribution in [3.8, 4) is 17.6 Å². The summed E-state index contributed by atoms with van der Waals surface area (Å²) in [7, 11) is 0. The first-order valence-electron chi connectivity index (χ1n) is 12.4. The minimum absolute atomic E-state index is 0.0130. The van der Waals surface area contributed by atoms with E-state index >= 15 is 0 Å². The van der Waals surface area contributed by atoms with Crippen molar-refractivity contribution in [1.29, 1.82) is 5.26 Å². The number of carbonyl (C=O) groups excluding carboxylic acids is 1. The first-order valence-corrected chi connectivity index (χ1v) is 12.4. The molecular formula is C28H32F3NO3. The quantitative estimate of drug-likeness (QED) is 0.185. The van der Waals surface area contributed by atoms with Gasteiger partial charge >= 0.3 is 5.97 Å². The lowest BCUT2D eigenvalue weighted by atomic mass is 9.80. The summed E-state index contributed by atoms with van der Waals surface area (Å²) < 4.78 is 53.3. The zero-order chi connectivity index (χ0) is 25.2. The second-order valence-corrected chi connectivity index (χ2v) is 9.31. The highest BCUT2D eigenvalue weighted by molar-refractivity contribution is 5.91. The van der Waals surface area contributed by atoms with Gasteiger partial charge in [0.15, 0.2) is 0 Å². The maximum atomic E-state index is 14.5. The van der Waals surface area contributed by atoms with E-state index in [1.807, 2.05) is 0 Å². The lowest BCUT2D eigenvalue weighted by Crippen LogP contribution is -2.20. The number of esters is 1. The van der Waals surface area contributed by atoms with Gasteiger partial charge in [-0.2, -0.15) is 5.26 Å². The molecule has 7 heteroatoms. The fraction of sp³-hybridized carbons (Fsp3) is 0.500. The van der Waals surface area contributed by atoms with Crippen LogP contribution in [0.2, 0.25) is 0 Å². The number of carbonyl (C=O) groups is 1. The summed E-state index contributed by atoms with van der Waals surface area (Å²) in [5.74, 6) is -3.59. The Labute approximate surface area is 205 Å². The Kier molecular flexibility index (Phi) is 10.0. The number of nitriles is 1. The molecule has 3 rings (SSSR count). The summed E-state index contributed by atoms with van der Waals surface area (Å²) in [6.45, 7) is 2.59. The zero-order valence-electron chi connectivity index (χ0n) is 20.1. The van der Waals surface area contributed by atoms with E-state index in [0.717, 1.165) is 55.9 Å². The third kappa shape index (κ3) is 7.74. The van der Waals surface area contributed by atoms with Crippen molar-refractivity contribution in [3.05, 3.63) is 58.9 Å². The van der Waals surface area contributed by atoms with Crippen LogP contribution in [-0.2, 0) is 0 Å². The largest absolute Gasteiger partial charge is 0.493 e. The molecule has 2 aromatic carbocycles. The number of nitrogens with zero attached hydrogens (tertiary/aromatic N) is 1. The average molecular weight is 488 g/mol. The highest BCUT2D eigenvalue weighted by Crippen LogP contribution is 2.33. The van der Waals surface area contributed by atoms with Gasteiger partial charge in [-0.15, -0.1) is 0 Å². The van der Waals surface area contributed by atoms with Crippen LogP contribution in [0.1, 0.15) is 87.1 Å². The van der Waals surface area contributed by atoms with Crippen LogP contribution in [0.25, 0.3) is 0 Å². The minimum atomic E-state index is -1.30. The Balaban J connectivity index is 1.49. The van der Waals surface area contributed by atoms with Crippen molar-refractivity contribution in [2.24, 2.45) is 11.8 Å². The molecule has 0 radical (unpaired) electrons. The number of rotatable bonds is 11. The number of benzene rings is 2. The molecule has 0 aliphatic heterocycles. The average Bonchev–Trinajstić information content (AvgIpc) is 2.83. The van der Waals surface area contributed by atoms with Gasteiger partial charge in [0, 0.05) is 18.2 Å². The van der Waals surface area contributed by atoms with Crippen molar-refractivity contribution in [2.75, 3.05) is 6.61 Å². The number of unbranched alkanes of at least 4 members (excludes halogenated alkanes) is 4. The van der Waals surface area contributed by atoms with Gasteiger partial charge in [-0.25, -0.2) is 18.0 Å². The van der Waals surface area contributed by atoms with Crippen molar-refractivity contribution >= 4 is 5.97 Å². The van der Waals surface area contributed by atoms with Crippen LogP contribution in [0.4, 0.5) is 13.2 Å². The normalized spacial score (nSPS) is 17.6. The lowest BCUT2D eigenvalue weighted by Gasteiger charge is -2.28. The second kappa shape index (κ2) is 13.2. The van der Waals surface area contributed by atoms with Crippen LogP contribution in [0, 0.1) is 40.6 Å². The molecule has 0 bridgehead atoms. The van der Waals surface area contributed by atoms with Crippen LogP contribution < -0.4 is 9.47 Å². The number of halogens is 3. The molecule has 0 N–H and O–H groups in total. The standard InChI is InChI=1S/C28H32F3NO3/c1-2-3-4-5-6-7-19-8-10-20(11-9-19)18-34-23-15-25(30)27(26(31)16-23)28(33)35-22-13-12-21(17-32)24(29)14-22/h12-16,19-20H,2-11,18H2,1H3. The van der Waals surface area contributed by atoms with Crippen molar-refractivity contribution in [3.63, 3.8) is 0 Å². The van der Waals surface area contributed by atoms with Gasteiger partial charge in [-0.1, -0.05) is 58.3 Å². The van der Waals surface area contributed by atoms with Crippen molar-refractivity contribution in [1.82, 2.24) is 0 Å². The lowest BCUT2D eigenvalue weighted by molar-refractivity contribution is 0.0724. The smallest absolute Gasteiger partial charge is 0.349 e. The van der Waals surface area contributed by atoms with Gasteiger partial charge in [0.25, 0.3) is 0 Å². The summed E-state index contributed by atoms with van der Waals surface area (Å²) in [6.07, 6.45) is 12.2. The molecule has 4 nitrogen and oxygen atoms in total. The van der Waals surface area contributed by atoms with E-state index in [-0.39, 0.29) is 17.1 Å². The molecule has 0 aromatic heterocycles. The van der Waals surface area contributed by atoms with E-state index in [0.29, 0.717) is 12.5 Å². The maximum Gasteiger partial charge on any atom is 0.349 e. The Hall–Kier alpha value is -3.01. The Morgan fingerprint density at radius 3 is 2.17 bits per heavy atom. The second-order valence-electron chi connectivity index (χ2n) is 9.31. The molecule has 0 amide bonds. The van der Waals surface area contributed by atoms with Gasteiger partial charge in [-0.05, 0) is 36.8 Å². The molecule has 0 heterocycles. The van der Waals surface area contributed by atoms with Crippen LogP contribution in [0.3, 0.4) is 0 Å². The number of hydrogen-bond donors (Lipinski definition) is 0. The molecule has 35 heavy (non-hydrogen) atoms. The molecule has 188 valence electrons. The van der Waals surface area contributed by atoms with E-state index in [9.17, 15) is 18.0 Å². The van der Waals surface area contributed by atoms with Gasteiger partial charge in [0.1, 0.15) is 40.6 Å². The molecule has 0 atom stereocenters. The number of hydrogen-bond acceptors (Lipinski definition) is 4. The Morgan fingerprint density at radius 2 is 1.54 bits per heavy atom. The Bertz CT molecular complexity index is 1020. The van der Waals surface area contributed by atoms with Crippen molar-refractivity contribution < 1.29 is 27.4 Å². The maximum absolute atomic E-state index is 14.5. The molecule has 0 unspecified atom stereocenters. The van der Waals surface area contributed by atoms with Gasteiger partial charge in [-0.3, -0.25) is 0 Å². The molecular weight excluding hydrogens is 455 g/mol. The van der Waals surface area contributed by atoms with E-state index in [1.165, 1.54) is 44.6 Å². The van der Waals surface area contributed by atoms with Crippen LogP contribution in [0.5, 0.6) is 11.5 Å². The monoisotopic (exact) mass is 487 g/mol. The third-order valence-electron chi connectivity index (χ3n) is 6.66. The van der Waals surface area contributed by atoms with Crippen LogP contribution in [0.15, 0.2) is 30.3 Å². The minimum Gasteiger partial charge on any atom is -0.493 e. The van der Waals surface area contributed by atoms with Gasteiger partial charge < -0.3 is 9.47 Å². The van der Waals surface area contributed by atoms with Gasteiger partial charge in [0.2, 0.25) is 0 Å². The van der Waals surface area contributed by atoms with E-state index in [2.05, 4.69) is 6.92 Å². The fourth-order valence-electron chi connectivity index (χ4n) is 4.57. The highest BCUT2D eigenvalue weighted by atomic mass is 19.1. The summed E-state index contributed by atoms with van der Waals surface area (Å²) >= 11 is 0. The summed E-state index contributed by atoms with van der Waals surface area (Å²) in [5.41, 5.74) is -1.12. The topological polar surface area (TPSA) is 59.3 Å². The molecule has 1 saturated carbocycles. The third-order valence-corrected chi connectivity index (χ3v) is 6.66. The zero-order valence-corrected chi connectivity index (χ0v) is 20.1. The molecule has 1 fully saturated rings. The van der Waals surface area contributed by atoms with Crippen LogP contribution in [-0.4, -0.2) is 12.6 Å². The predicted octanol–water partition coefficient (Wildman–Crippen LogP) is 7.74. The summed E-state index contributed by atoms with van der Waals surface area (Å²) in [6, 6.07) is 6.65. The fourth-order valence-corrected chi connectivity index (χ4v) is 4.57. The van der Waals surface area contributed by atoms with Gasteiger partial charge in [0.05, 0.1) is 12.2 Å². The van der Waals surface area contributed by atoms with E-state index in [1.54, 1.807) is 6.07 Å². The summed E-state index contributed by atoms with van der Waals surface area (Å²) in [4.78, 5) is 12.3. The summed E-state index contributed by atoms with van der Waals surface area (Å²) in [5, 5.41) is 8.75. The van der Waals surface area contributed by atoms with Crippen LogP contribution >= 0.6 is 0 Å². The molecule has 0 spiro atoms. The first kappa shape index (κ1) is 26.6. The molecule has 1 aliphatic carbocycles. The molecule has 2 aromatic rings. The molecule has 1 aliphatic rings. The van der Waals surface area contributed by atoms with Crippen molar-refractivity contribution in [2.45, 2.75) is 71.1 Å². The number of ether oxygens (including phenoxy) is 2. The Morgan fingerprint density at radius 1 is 0.914 bits per heavy atom. The predicted molar refractivity (Wildman–Crippen MR) is 127 cm³/mol. The van der Waals surface area contributed by atoms with E-state index in [4.69, 9.17) is 14.7 Å². The molecule has 0 saturated heterocycles.